The van der Waals surface area contributed by atoms with E-state index in [0.717, 1.165) is 19.4 Å². The van der Waals surface area contributed by atoms with Crippen LogP contribution in [0.1, 0.15) is 31.4 Å². The molecule has 3 nitrogen and oxygen atoms in total. The summed E-state index contributed by atoms with van der Waals surface area (Å²) in [6.45, 7) is 12.7. The Kier molecular flexibility index (Phi) is 4.12. The van der Waals surface area contributed by atoms with Gasteiger partial charge in [-0.05, 0) is 47.4 Å². The number of carbonyl (C=O) groups is 1. The van der Waals surface area contributed by atoms with E-state index < -0.39 is 0 Å². The van der Waals surface area contributed by atoms with Gasteiger partial charge >= 0.3 is 0 Å². The van der Waals surface area contributed by atoms with E-state index in [-0.39, 0.29) is 17.4 Å². The number of hydrogen-bond acceptors (Lipinski definition) is 2. The van der Waals surface area contributed by atoms with Gasteiger partial charge in [-0.1, -0.05) is 51.3 Å². The molecule has 3 rings (SSSR count). The van der Waals surface area contributed by atoms with Crippen molar-refractivity contribution < 1.29 is 9.90 Å². The number of rotatable bonds is 3. The molecule has 0 saturated carbocycles. The van der Waals surface area contributed by atoms with Crippen LogP contribution in [0.2, 0.25) is 0 Å². The standard InChI is InChI=1S/C21H25NO2/c1-5-7-15(6-2)20(24)22-11-10-21(4)14(3)19(22)12-16-8-9-17(23)13-18(16)21/h5-9,13-14,19,23H,1-2,10-12H2,3-4H3/b15-7+. The molecule has 1 aromatic carbocycles. The molecule has 1 amide bonds. The number of likely N-dealkylation sites (tertiary alicyclic amines) is 1. The summed E-state index contributed by atoms with van der Waals surface area (Å²) in [5.41, 5.74) is 3.06. The monoisotopic (exact) mass is 323 g/mol. The maximum absolute atomic E-state index is 12.9. The van der Waals surface area contributed by atoms with Crippen molar-refractivity contribution >= 4 is 5.91 Å². The Morgan fingerprint density at radius 1 is 1.42 bits per heavy atom. The number of phenols is 1. The molecule has 2 aliphatic rings. The summed E-state index contributed by atoms with van der Waals surface area (Å²) in [6, 6.07) is 5.82. The molecule has 24 heavy (non-hydrogen) atoms. The summed E-state index contributed by atoms with van der Waals surface area (Å²) in [4.78, 5) is 14.9. The van der Waals surface area contributed by atoms with E-state index in [0.29, 0.717) is 17.2 Å². The van der Waals surface area contributed by atoms with Gasteiger partial charge < -0.3 is 10.0 Å². The first-order valence-electron chi connectivity index (χ1n) is 8.51. The number of piperidine rings is 1. The van der Waals surface area contributed by atoms with E-state index in [4.69, 9.17) is 0 Å². The number of aromatic hydroxyl groups is 1. The fourth-order valence-corrected chi connectivity index (χ4v) is 4.38. The minimum atomic E-state index is -0.00966. The lowest BCUT2D eigenvalue weighted by molar-refractivity contribution is -0.134. The highest BCUT2D eigenvalue weighted by Gasteiger charge is 2.49. The SMILES string of the molecule is C=C/C=C(\C=C)C(=O)N1CCC2(C)c3cc(O)ccc3CC1C2C. The Morgan fingerprint density at radius 3 is 2.83 bits per heavy atom. The smallest absolute Gasteiger partial charge is 0.254 e. The Morgan fingerprint density at radius 2 is 2.17 bits per heavy atom. The van der Waals surface area contributed by atoms with E-state index in [9.17, 15) is 9.90 Å². The summed E-state index contributed by atoms with van der Waals surface area (Å²) in [5, 5.41) is 9.90. The first-order chi connectivity index (χ1) is 11.4. The van der Waals surface area contributed by atoms with Crippen LogP contribution in [0.5, 0.6) is 5.75 Å². The second-order valence-electron chi connectivity index (χ2n) is 7.13. The third-order valence-electron chi connectivity index (χ3n) is 6.02. The molecule has 1 fully saturated rings. The van der Waals surface area contributed by atoms with Gasteiger partial charge in [0.05, 0.1) is 0 Å². The van der Waals surface area contributed by atoms with E-state index in [1.54, 1.807) is 24.3 Å². The third kappa shape index (κ3) is 2.39. The molecule has 0 aromatic heterocycles. The molecule has 3 unspecified atom stereocenters. The molecule has 1 aliphatic heterocycles. The number of hydrogen-bond donors (Lipinski definition) is 1. The topological polar surface area (TPSA) is 40.5 Å². The summed E-state index contributed by atoms with van der Waals surface area (Å²) in [7, 11) is 0. The average Bonchev–Trinajstić information content (AvgIpc) is 2.56. The number of phenolic OH excluding ortho intramolecular Hbond substituents is 1. The Balaban J connectivity index is 2.00. The average molecular weight is 323 g/mol. The highest BCUT2D eigenvalue weighted by molar-refractivity contribution is 5.96. The van der Waals surface area contributed by atoms with Gasteiger partial charge in [0, 0.05) is 18.2 Å². The fraction of sp³-hybridized carbons (Fsp3) is 0.381. The van der Waals surface area contributed by atoms with Gasteiger partial charge in [0.25, 0.3) is 5.91 Å². The highest BCUT2D eigenvalue weighted by Crippen LogP contribution is 2.49. The van der Waals surface area contributed by atoms with Crippen LogP contribution in [0, 0.1) is 5.92 Å². The van der Waals surface area contributed by atoms with Crippen LogP contribution in [0.3, 0.4) is 0 Å². The van der Waals surface area contributed by atoms with Crippen molar-refractivity contribution in [3.8, 4) is 5.75 Å². The largest absolute Gasteiger partial charge is 0.508 e. The molecule has 0 radical (unpaired) electrons. The predicted molar refractivity (Wildman–Crippen MR) is 96.9 cm³/mol. The zero-order valence-electron chi connectivity index (χ0n) is 14.5. The molecule has 3 heteroatoms. The second-order valence-corrected chi connectivity index (χ2v) is 7.13. The minimum absolute atomic E-state index is 0.00966. The molecule has 1 heterocycles. The molecule has 1 N–H and O–H groups in total. The first kappa shape index (κ1) is 16.6. The second kappa shape index (κ2) is 5.97. The van der Waals surface area contributed by atoms with Crippen molar-refractivity contribution in [2.24, 2.45) is 5.92 Å². The molecule has 2 bridgehead atoms. The van der Waals surface area contributed by atoms with Crippen LogP contribution in [0.4, 0.5) is 0 Å². The Hall–Kier alpha value is -2.29. The van der Waals surface area contributed by atoms with Crippen molar-refractivity contribution in [3.05, 3.63) is 66.3 Å². The lowest BCUT2D eigenvalue weighted by Gasteiger charge is -2.54. The van der Waals surface area contributed by atoms with Gasteiger partial charge in [0.15, 0.2) is 0 Å². The van der Waals surface area contributed by atoms with Gasteiger partial charge in [0.1, 0.15) is 5.75 Å². The van der Waals surface area contributed by atoms with Crippen LogP contribution < -0.4 is 0 Å². The normalized spacial score (nSPS) is 28.9. The van der Waals surface area contributed by atoms with Crippen molar-refractivity contribution in [2.75, 3.05) is 6.54 Å². The van der Waals surface area contributed by atoms with E-state index >= 15 is 0 Å². The number of fused-ring (bicyclic) bond motifs is 4. The third-order valence-corrected chi connectivity index (χ3v) is 6.02. The van der Waals surface area contributed by atoms with Crippen molar-refractivity contribution in [1.29, 1.82) is 0 Å². The maximum Gasteiger partial charge on any atom is 0.254 e. The van der Waals surface area contributed by atoms with E-state index in [1.807, 2.05) is 17.0 Å². The summed E-state index contributed by atoms with van der Waals surface area (Å²) < 4.78 is 0. The number of allylic oxidation sites excluding steroid dienone is 2. The molecular weight excluding hydrogens is 298 g/mol. The van der Waals surface area contributed by atoms with Crippen LogP contribution in [0.15, 0.2) is 55.2 Å². The van der Waals surface area contributed by atoms with Crippen LogP contribution in [-0.2, 0) is 16.6 Å². The quantitative estimate of drug-likeness (QED) is 0.680. The number of nitrogens with zero attached hydrogens (tertiary/aromatic N) is 1. The number of amides is 1. The lowest BCUT2D eigenvalue weighted by Crippen LogP contribution is -2.59. The summed E-state index contributed by atoms with van der Waals surface area (Å²) >= 11 is 0. The molecule has 1 aromatic rings. The molecule has 1 aliphatic carbocycles. The number of carbonyl (C=O) groups excluding carboxylic acids is 1. The molecule has 1 saturated heterocycles. The zero-order valence-corrected chi connectivity index (χ0v) is 14.5. The molecule has 0 spiro atoms. The van der Waals surface area contributed by atoms with Gasteiger partial charge in [-0.25, -0.2) is 0 Å². The molecular formula is C21H25NO2. The minimum Gasteiger partial charge on any atom is -0.508 e. The highest BCUT2D eigenvalue weighted by atomic mass is 16.3. The van der Waals surface area contributed by atoms with Crippen molar-refractivity contribution in [2.45, 2.75) is 38.1 Å². The number of benzene rings is 1. The van der Waals surface area contributed by atoms with E-state index in [2.05, 4.69) is 27.0 Å². The van der Waals surface area contributed by atoms with Gasteiger partial charge in [-0.15, -0.1) is 0 Å². The van der Waals surface area contributed by atoms with Crippen LogP contribution in [0.25, 0.3) is 0 Å². The predicted octanol–water partition coefficient (Wildman–Crippen LogP) is 3.74. The Labute approximate surface area is 144 Å². The van der Waals surface area contributed by atoms with Crippen LogP contribution in [-0.4, -0.2) is 28.5 Å². The molecule has 126 valence electrons. The molecule has 3 atom stereocenters. The summed E-state index contributed by atoms with van der Waals surface area (Å²) in [5.74, 6) is 0.687. The first-order valence-corrected chi connectivity index (χ1v) is 8.51. The summed E-state index contributed by atoms with van der Waals surface area (Å²) in [6.07, 6.45) is 6.69. The lowest BCUT2D eigenvalue weighted by atomic mass is 9.59. The fourth-order valence-electron chi connectivity index (χ4n) is 4.38. The Bertz CT molecular complexity index is 733. The zero-order chi connectivity index (χ0) is 17.5. The van der Waals surface area contributed by atoms with Gasteiger partial charge in [-0.2, -0.15) is 0 Å². The van der Waals surface area contributed by atoms with Crippen molar-refractivity contribution in [1.82, 2.24) is 4.90 Å². The van der Waals surface area contributed by atoms with Gasteiger partial charge in [0.2, 0.25) is 0 Å². The van der Waals surface area contributed by atoms with Crippen LogP contribution >= 0.6 is 0 Å². The maximum atomic E-state index is 12.9. The van der Waals surface area contributed by atoms with Crippen molar-refractivity contribution in [3.63, 3.8) is 0 Å². The van der Waals surface area contributed by atoms with E-state index in [1.165, 1.54) is 11.1 Å². The van der Waals surface area contributed by atoms with Gasteiger partial charge in [-0.3, -0.25) is 4.79 Å².